The van der Waals surface area contributed by atoms with E-state index in [1.807, 2.05) is 24.0 Å². The zero-order chi connectivity index (χ0) is 19.2. The van der Waals surface area contributed by atoms with Crippen LogP contribution in [-0.4, -0.2) is 32.5 Å². The van der Waals surface area contributed by atoms with E-state index in [9.17, 15) is 14.9 Å². The molecule has 2 aromatic rings. The number of nitro groups is 1. The normalized spacial score (nSPS) is 18.6. The van der Waals surface area contributed by atoms with E-state index in [0.717, 1.165) is 42.7 Å². The van der Waals surface area contributed by atoms with Crippen LogP contribution in [-0.2, 0) is 4.79 Å². The second-order valence-electron chi connectivity index (χ2n) is 6.69. The molecule has 0 spiro atoms. The molecule has 7 heteroatoms. The smallest absolute Gasteiger partial charge is 0.269 e. The van der Waals surface area contributed by atoms with E-state index in [2.05, 4.69) is 4.98 Å². The molecule has 27 heavy (non-hydrogen) atoms. The number of carbonyl (C=O) groups excluding carboxylic acids is 1. The Hall–Kier alpha value is -2.41. The van der Waals surface area contributed by atoms with Gasteiger partial charge in [-0.15, -0.1) is 11.8 Å². The fourth-order valence-corrected chi connectivity index (χ4v) is 4.38. The summed E-state index contributed by atoms with van der Waals surface area (Å²) in [7, 11) is 0. The second-order valence-corrected chi connectivity index (χ2v) is 8.10. The van der Waals surface area contributed by atoms with Gasteiger partial charge in [-0.25, -0.2) is 0 Å². The van der Waals surface area contributed by atoms with E-state index < -0.39 is 4.92 Å². The minimum absolute atomic E-state index is 0.0589. The van der Waals surface area contributed by atoms with Gasteiger partial charge in [0.1, 0.15) is 0 Å². The summed E-state index contributed by atoms with van der Waals surface area (Å²) in [5.74, 6) is 0.113. The first-order valence-corrected chi connectivity index (χ1v) is 10.1. The molecule has 1 aromatic carbocycles. The minimum Gasteiger partial charge on any atom is -0.335 e. The lowest BCUT2D eigenvalue weighted by atomic mass is 10.0. The predicted molar refractivity (Wildman–Crippen MR) is 106 cm³/mol. The van der Waals surface area contributed by atoms with Crippen molar-refractivity contribution in [2.24, 2.45) is 0 Å². The van der Waals surface area contributed by atoms with Crippen LogP contribution in [0.15, 0.2) is 53.7 Å². The maximum Gasteiger partial charge on any atom is 0.269 e. The molecule has 1 aliphatic rings. The summed E-state index contributed by atoms with van der Waals surface area (Å²) < 4.78 is 0. The van der Waals surface area contributed by atoms with Crippen molar-refractivity contribution in [1.29, 1.82) is 0 Å². The minimum atomic E-state index is -0.417. The Balaban J connectivity index is 1.73. The Morgan fingerprint density at radius 1 is 1.19 bits per heavy atom. The van der Waals surface area contributed by atoms with Crippen molar-refractivity contribution in [3.63, 3.8) is 0 Å². The predicted octanol–water partition coefficient (Wildman–Crippen LogP) is 4.61. The zero-order valence-electron chi connectivity index (χ0n) is 15.3. The van der Waals surface area contributed by atoms with E-state index >= 15 is 0 Å². The van der Waals surface area contributed by atoms with Crippen molar-refractivity contribution < 1.29 is 9.72 Å². The van der Waals surface area contributed by atoms with Gasteiger partial charge < -0.3 is 4.90 Å². The van der Waals surface area contributed by atoms with Crippen LogP contribution in [0.4, 0.5) is 5.69 Å². The van der Waals surface area contributed by atoms with E-state index in [-0.39, 0.29) is 22.9 Å². The number of benzene rings is 1. The number of aromatic nitrogens is 1. The molecule has 1 aromatic heterocycles. The first kappa shape index (κ1) is 19.4. The molecule has 1 saturated heterocycles. The molecule has 0 radical (unpaired) electrons. The monoisotopic (exact) mass is 385 g/mol. The second kappa shape index (κ2) is 8.99. The van der Waals surface area contributed by atoms with Crippen molar-refractivity contribution in [1.82, 2.24) is 9.88 Å². The average Bonchev–Trinajstić information content (AvgIpc) is 2.94. The largest absolute Gasteiger partial charge is 0.335 e. The molecule has 2 atom stereocenters. The number of carbonyl (C=O) groups is 1. The topological polar surface area (TPSA) is 76.3 Å². The fraction of sp³-hybridized carbons (Fsp3) is 0.400. The standard InChI is InChI=1S/C20H23N3O3S/c1-15(27-18-8-6-17(7-9-18)23(25)26)20(24)22-14-4-2-3-5-19(22)16-10-12-21-13-11-16/h6-13,15,19H,2-5,14H2,1H3. The maximum atomic E-state index is 13.2. The van der Waals surface area contributed by atoms with Gasteiger partial charge in [0.25, 0.3) is 5.69 Å². The number of hydrogen-bond acceptors (Lipinski definition) is 5. The Kier molecular flexibility index (Phi) is 6.45. The fourth-order valence-electron chi connectivity index (χ4n) is 3.44. The summed E-state index contributed by atoms with van der Waals surface area (Å²) in [6.07, 6.45) is 7.78. The summed E-state index contributed by atoms with van der Waals surface area (Å²) in [6.45, 7) is 2.67. The maximum absolute atomic E-state index is 13.2. The number of thioether (sulfide) groups is 1. The number of rotatable bonds is 5. The van der Waals surface area contributed by atoms with Crippen LogP contribution in [0.25, 0.3) is 0 Å². The van der Waals surface area contributed by atoms with Gasteiger partial charge in [-0.3, -0.25) is 19.9 Å². The molecular weight excluding hydrogens is 362 g/mol. The first-order valence-electron chi connectivity index (χ1n) is 9.18. The molecule has 6 nitrogen and oxygen atoms in total. The summed E-state index contributed by atoms with van der Waals surface area (Å²) >= 11 is 1.44. The molecule has 0 aliphatic carbocycles. The lowest BCUT2D eigenvalue weighted by molar-refractivity contribution is -0.384. The van der Waals surface area contributed by atoms with Crippen LogP contribution in [0, 0.1) is 10.1 Å². The highest BCUT2D eigenvalue weighted by molar-refractivity contribution is 8.00. The lowest BCUT2D eigenvalue weighted by Crippen LogP contribution is -2.39. The number of likely N-dealkylation sites (tertiary alicyclic amines) is 1. The Labute approximate surface area is 163 Å². The molecule has 142 valence electrons. The highest BCUT2D eigenvalue weighted by Crippen LogP contribution is 2.33. The van der Waals surface area contributed by atoms with Gasteiger partial charge in [-0.2, -0.15) is 0 Å². The van der Waals surface area contributed by atoms with Gasteiger partial charge in [0.15, 0.2) is 0 Å². The van der Waals surface area contributed by atoms with E-state index in [0.29, 0.717) is 0 Å². The highest BCUT2D eigenvalue weighted by atomic mass is 32.2. The van der Waals surface area contributed by atoms with Crippen LogP contribution < -0.4 is 0 Å². The molecule has 1 fully saturated rings. The zero-order valence-corrected chi connectivity index (χ0v) is 16.1. The molecular formula is C20H23N3O3S. The summed E-state index contributed by atoms with van der Waals surface area (Å²) in [4.78, 5) is 30.5. The van der Waals surface area contributed by atoms with Gasteiger partial charge in [-0.1, -0.05) is 12.8 Å². The average molecular weight is 385 g/mol. The lowest BCUT2D eigenvalue weighted by Gasteiger charge is -2.32. The molecule has 2 heterocycles. The Bertz CT molecular complexity index is 783. The molecule has 2 unspecified atom stereocenters. The van der Waals surface area contributed by atoms with Crippen molar-refractivity contribution in [2.75, 3.05) is 6.54 Å². The van der Waals surface area contributed by atoms with Crippen LogP contribution >= 0.6 is 11.8 Å². The van der Waals surface area contributed by atoms with Crippen LogP contribution in [0.1, 0.15) is 44.2 Å². The summed E-state index contributed by atoms with van der Waals surface area (Å²) in [5, 5.41) is 10.5. The molecule has 3 rings (SSSR count). The van der Waals surface area contributed by atoms with Gasteiger partial charge in [0.2, 0.25) is 5.91 Å². The molecule has 1 aliphatic heterocycles. The molecule has 0 bridgehead atoms. The third kappa shape index (κ3) is 4.86. The van der Waals surface area contributed by atoms with Crippen LogP contribution in [0.5, 0.6) is 0 Å². The summed E-state index contributed by atoms with van der Waals surface area (Å²) in [5.41, 5.74) is 1.19. The Morgan fingerprint density at radius 3 is 2.56 bits per heavy atom. The number of amides is 1. The molecule has 0 N–H and O–H groups in total. The van der Waals surface area contributed by atoms with Crippen LogP contribution in [0.3, 0.4) is 0 Å². The first-order chi connectivity index (χ1) is 13.1. The number of pyridine rings is 1. The summed E-state index contributed by atoms with van der Waals surface area (Å²) in [6, 6.07) is 10.4. The van der Waals surface area contributed by atoms with E-state index in [4.69, 9.17) is 0 Å². The third-order valence-electron chi connectivity index (χ3n) is 4.83. The SMILES string of the molecule is CC(Sc1ccc([N+](=O)[O-])cc1)C(=O)N1CCCCCC1c1ccncc1. The van der Waals surface area contributed by atoms with Crippen molar-refractivity contribution in [3.8, 4) is 0 Å². The quantitative estimate of drug-likeness (QED) is 0.427. The van der Waals surface area contributed by atoms with Crippen molar-refractivity contribution in [2.45, 2.75) is 48.8 Å². The third-order valence-corrected chi connectivity index (χ3v) is 5.93. The van der Waals surface area contributed by atoms with Crippen LogP contribution in [0.2, 0.25) is 0 Å². The number of hydrogen-bond donors (Lipinski definition) is 0. The van der Waals surface area contributed by atoms with Crippen molar-refractivity contribution >= 4 is 23.4 Å². The van der Waals surface area contributed by atoms with Crippen molar-refractivity contribution in [3.05, 3.63) is 64.5 Å². The molecule has 0 saturated carbocycles. The van der Waals surface area contributed by atoms with E-state index in [1.165, 1.54) is 23.9 Å². The van der Waals surface area contributed by atoms with Gasteiger partial charge in [0, 0.05) is 36.0 Å². The number of nitro benzene ring substituents is 1. The van der Waals surface area contributed by atoms with E-state index in [1.54, 1.807) is 24.5 Å². The Morgan fingerprint density at radius 2 is 1.89 bits per heavy atom. The van der Waals surface area contributed by atoms with Gasteiger partial charge >= 0.3 is 0 Å². The number of nitrogens with zero attached hydrogens (tertiary/aromatic N) is 3. The number of non-ortho nitro benzene ring substituents is 1. The highest BCUT2D eigenvalue weighted by Gasteiger charge is 2.30. The van der Waals surface area contributed by atoms with Gasteiger partial charge in [0.05, 0.1) is 16.2 Å². The molecule has 1 amide bonds. The van der Waals surface area contributed by atoms with Gasteiger partial charge in [-0.05, 0) is 49.6 Å².